The van der Waals surface area contributed by atoms with E-state index in [1.54, 1.807) is 7.11 Å². The van der Waals surface area contributed by atoms with Crippen LogP contribution in [0, 0.1) is 0 Å². The van der Waals surface area contributed by atoms with Crippen LogP contribution in [-0.2, 0) is 4.74 Å². The van der Waals surface area contributed by atoms with Crippen molar-refractivity contribution in [1.29, 1.82) is 0 Å². The summed E-state index contributed by atoms with van der Waals surface area (Å²) in [4.78, 5) is 0. The minimum Gasteiger partial charge on any atom is -0.491 e. The molecule has 1 N–H and O–H groups in total. The van der Waals surface area contributed by atoms with Crippen molar-refractivity contribution in [1.82, 2.24) is 20.6 Å². The van der Waals surface area contributed by atoms with E-state index in [0.29, 0.717) is 19.0 Å². The molecular formula is C10H12N4O2. The lowest BCUT2D eigenvalue weighted by Crippen LogP contribution is -2.03. The molecule has 2 rings (SSSR count). The summed E-state index contributed by atoms with van der Waals surface area (Å²) in [6.07, 6.45) is 0. The molecule has 2 aromatic rings. The number of aromatic amines is 1. The van der Waals surface area contributed by atoms with E-state index in [1.807, 2.05) is 24.3 Å². The molecule has 0 saturated carbocycles. The van der Waals surface area contributed by atoms with Crippen LogP contribution in [0.25, 0.3) is 11.4 Å². The predicted octanol–water partition coefficient (Wildman–Crippen LogP) is 0.892. The third kappa shape index (κ3) is 2.54. The number of tetrazole rings is 1. The molecule has 1 heterocycles. The quantitative estimate of drug-likeness (QED) is 0.757. The van der Waals surface area contributed by atoms with E-state index < -0.39 is 0 Å². The second kappa shape index (κ2) is 5.22. The number of nitrogens with one attached hydrogen (secondary N) is 1. The van der Waals surface area contributed by atoms with Crippen molar-refractivity contribution in [3.05, 3.63) is 24.3 Å². The molecule has 0 unspecified atom stereocenters. The van der Waals surface area contributed by atoms with Gasteiger partial charge in [0.2, 0.25) is 5.82 Å². The van der Waals surface area contributed by atoms with E-state index >= 15 is 0 Å². The highest BCUT2D eigenvalue weighted by Crippen LogP contribution is 2.18. The highest BCUT2D eigenvalue weighted by molar-refractivity contribution is 5.54. The van der Waals surface area contributed by atoms with E-state index in [1.165, 1.54) is 0 Å². The van der Waals surface area contributed by atoms with Gasteiger partial charge in [0, 0.05) is 12.7 Å². The summed E-state index contributed by atoms with van der Waals surface area (Å²) >= 11 is 0. The molecule has 6 nitrogen and oxygen atoms in total. The second-order valence-corrected chi connectivity index (χ2v) is 3.10. The van der Waals surface area contributed by atoms with E-state index in [-0.39, 0.29) is 0 Å². The third-order valence-electron chi connectivity index (χ3n) is 2.01. The summed E-state index contributed by atoms with van der Waals surface area (Å²) in [6.45, 7) is 1.12. The molecule has 1 aromatic carbocycles. The lowest BCUT2D eigenvalue weighted by atomic mass is 10.2. The van der Waals surface area contributed by atoms with Crippen molar-refractivity contribution >= 4 is 0 Å². The monoisotopic (exact) mass is 220 g/mol. The fourth-order valence-electron chi connectivity index (χ4n) is 1.23. The normalized spacial score (nSPS) is 10.3. The Morgan fingerprint density at radius 2 is 2.00 bits per heavy atom. The van der Waals surface area contributed by atoms with Crippen molar-refractivity contribution < 1.29 is 9.47 Å². The van der Waals surface area contributed by atoms with Gasteiger partial charge in [-0.05, 0) is 29.5 Å². The van der Waals surface area contributed by atoms with Crippen LogP contribution in [0.3, 0.4) is 0 Å². The summed E-state index contributed by atoms with van der Waals surface area (Å²) in [5.41, 5.74) is 0.896. The SMILES string of the molecule is COCCOc1ccc(-c2nn[nH]n2)cc1. The summed E-state index contributed by atoms with van der Waals surface area (Å²) < 4.78 is 10.3. The predicted molar refractivity (Wildman–Crippen MR) is 57.0 cm³/mol. The van der Waals surface area contributed by atoms with Gasteiger partial charge in [-0.15, -0.1) is 10.2 Å². The maximum atomic E-state index is 5.43. The molecular weight excluding hydrogens is 208 g/mol. The Morgan fingerprint density at radius 1 is 1.19 bits per heavy atom. The van der Waals surface area contributed by atoms with Crippen LogP contribution in [0.1, 0.15) is 0 Å². The van der Waals surface area contributed by atoms with Gasteiger partial charge in [-0.25, -0.2) is 0 Å². The minimum atomic E-state index is 0.540. The van der Waals surface area contributed by atoms with Crippen molar-refractivity contribution in [3.63, 3.8) is 0 Å². The van der Waals surface area contributed by atoms with Crippen molar-refractivity contribution in [2.45, 2.75) is 0 Å². The van der Waals surface area contributed by atoms with Crippen molar-refractivity contribution in [3.8, 4) is 17.1 Å². The van der Waals surface area contributed by atoms with Gasteiger partial charge in [-0.1, -0.05) is 0 Å². The van der Waals surface area contributed by atoms with Crippen molar-refractivity contribution in [2.24, 2.45) is 0 Å². The van der Waals surface area contributed by atoms with Crippen LogP contribution in [0.5, 0.6) is 5.75 Å². The molecule has 0 aliphatic heterocycles. The Balaban J connectivity index is 2.00. The molecule has 0 spiro atoms. The van der Waals surface area contributed by atoms with Crippen LogP contribution in [0.2, 0.25) is 0 Å². The highest BCUT2D eigenvalue weighted by Gasteiger charge is 2.02. The van der Waals surface area contributed by atoms with Gasteiger partial charge in [0.25, 0.3) is 0 Å². The number of benzene rings is 1. The molecule has 0 aliphatic rings. The summed E-state index contributed by atoms with van der Waals surface area (Å²) in [5, 5.41) is 13.7. The van der Waals surface area contributed by atoms with Crippen LogP contribution in [0.15, 0.2) is 24.3 Å². The van der Waals surface area contributed by atoms with Crippen LogP contribution >= 0.6 is 0 Å². The molecule has 0 fully saturated rings. The van der Waals surface area contributed by atoms with Gasteiger partial charge >= 0.3 is 0 Å². The Morgan fingerprint density at radius 3 is 2.62 bits per heavy atom. The number of H-pyrrole nitrogens is 1. The Labute approximate surface area is 92.6 Å². The number of methoxy groups -OCH3 is 1. The summed E-state index contributed by atoms with van der Waals surface area (Å²) in [7, 11) is 1.64. The maximum Gasteiger partial charge on any atom is 0.204 e. The van der Waals surface area contributed by atoms with Crippen LogP contribution in [0.4, 0.5) is 0 Å². The van der Waals surface area contributed by atoms with Gasteiger partial charge in [0.05, 0.1) is 6.61 Å². The zero-order chi connectivity index (χ0) is 11.2. The van der Waals surface area contributed by atoms with E-state index in [0.717, 1.165) is 11.3 Å². The third-order valence-corrected chi connectivity index (χ3v) is 2.01. The molecule has 1 aromatic heterocycles. The van der Waals surface area contributed by atoms with Crippen LogP contribution < -0.4 is 4.74 Å². The molecule has 16 heavy (non-hydrogen) atoms. The molecule has 6 heteroatoms. The van der Waals surface area contributed by atoms with Gasteiger partial charge in [0.15, 0.2) is 0 Å². The summed E-state index contributed by atoms with van der Waals surface area (Å²) in [6, 6.07) is 7.49. The standard InChI is InChI=1S/C10H12N4O2/c1-15-6-7-16-9-4-2-8(3-5-9)10-11-13-14-12-10/h2-5H,6-7H2,1H3,(H,11,12,13,14). The number of ether oxygens (including phenoxy) is 2. The van der Waals surface area contributed by atoms with Crippen molar-refractivity contribution in [2.75, 3.05) is 20.3 Å². The highest BCUT2D eigenvalue weighted by atomic mass is 16.5. The van der Waals surface area contributed by atoms with Gasteiger partial charge in [-0.3, -0.25) is 0 Å². The zero-order valence-corrected chi connectivity index (χ0v) is 8.88. The number of aromatic nitrogens is 4. The largest absolute Gasteiger partial charge is 0.491 e. The average Bonchev–Trinajstić information content (AvgIpc) is 2.84. The van der Waals surface area contributed by atoms with E-state index in [2.05, 4.69) is 20.6 Å². The molecule has 84 valence electrons. The molecule has 0 aliphatic carbocycles. The first-order chi connectivity index (χ1) is 7.90. The Hall–Kier alpha value is -1.95. The molecule has 0 atom stereocenters. The Kier molecular flexibility index (Phi) is 3.45. The van der Waals surface area contributed by atoms with Crippen LogP contribution in [-0.4, -0.2) is 40.9 Å². The number of rotatable bonds is 5. The topological polar surface area (TPSA) is 72.9 Å². The average molecular weight is 220 g/mol. The first-order valence-electron chi connectivity index (χ1n) is 4.86. The lowest BCUT2D eigenvalue weighted by molar-refractivity contribution is 0.146. The Bertz CT molecular complexity index is 413. The lowest BCUT2D eigenvalue weighted by Gasteiger charge is -2.05. The zero-order valence-electron chi connectivity index (χ0n) is 8.88. The van der Waals surface area contributed by atoms with Gasteiger partial charge in [0.1, 0.15) is 12.4 Å². The smallest absolute Gasteiger partial charge is 0.204 e. The van der Waals surface area contributed by atoms with E-state index in [9.17, 15) is 0 Å². The summed E-state index contributed by atoms with van der Waals surface area (Å²) in [5.74, 6) is 1.37. The fourth-order valence-corrected chi connectivity index (χ4v) is 1.23. The molecule has 0 radical (unpaired) electrons. The molecule has 0 saturated heterocycles. The fraction of sp³-hybridized carbons (Fsp3) is 0.300. The maximum absolute atomic E-state index is 5.43. The first-order valence-corrected chi connectivity index (χ1v) is 4.86. The van der Waals surface area contributed by atoms with Gasteiger partial charge < -0.3 is 9.47 Å². The number of nitrogens with zero attached hydrogens (tertiary/aromatic N) is 3. The number of hydrogen-bond donors (Lipinski definition) is 1. The van der Waals surface area contributed by atoms with Gasteiger partial charge in [-0.2, -0.15) is 5.21 Å². The van der Waals surface area contributed by atoms with E-state index in [4.69, 9.17) is 9.47 Å². The first kappa shape index (κ1) is 10.6. The minimum absolute atomic E-state index is 0.540. The molecule has 0 amide bonds. The molecule has 0 bridgehead atoms. The number of hydrogen-bond acceptors (Lipinski definition) is 5. The second-order valence-electron chi connectivity index (χ2n) is 3.10.